The Morgan fingerprint density at radius 1 is 1.04 bits per heavy atom. The topological polar surface area (TPSA) is 47.6 Å². The van der Waals surface area contributed by atoms with Gasteiger partial charge in [-0.3, -0.25) is 4.79 Å². The molecule has 1 amide bonds. The highest BCUT2D eigenvalue weighted by atomic mass is 79.9. The van der Waals surface area contributed by atoms with Crippen molar-refractivity contribution in [3.05, 3.63) is 49.9 Å². The van der Waals surface area contributed by atoms with E-state index in [-0.39, 0.29) is 12.3 Å². The molecule has 126 valence electrons. The zero-order valence-electron chi connectivity index (χ0n) is 13.4. The van der Waals surface area contributed by atoms with Gasteiger partial charge in [0.15, 0.2) is 11.5 Å². The standard InChI is InChI=1S/C18H17Br2NO3/c1-10-5-13(19)6-11(2)18(10)21-17(22)8-12-7-15-16(9-14(12)20)24-4-3-23-15/h5-7,9H,3-4,8H2,1-2H3,(H,21,22). The van der Waals surface area contributed by atoms with Crippen LogP contribution in [0.4, 0.5) is 5.69 Å². The number of rotatable bonds is 3. The Kier molecular flexibility index (Phi) is 5.15. The van der Waals surface area contributed by atoms with Gasteiger partial charge >= 0.3 is 0 Å². The lowest BCUT2D eigenvalue weighted by atomic mass is 10.1. The van der Waals surface area contributed by atoms with E-state index in [9.17, 15) is 4.79 Å². The van der Waals surface area contributed by atoms with Crippen LogP contribution >= 0.6 is 31.9 Å². The Hall–Kier alpha value is -1.53. The molecule has 6 heteroatoms. The maximum absolute atomic E-state index is 12.5. The highest BCUT2D eigenvalue weighted by Gasteiger charge is 2.17. The van der Waals surface area contributed by atoms with Gasteiger partial charge in [0.1, 0.15) is 13.2 Å². The van der Waals surface area contributed by atoms with Gasteiger partial charge in [-0.05, 0) is 54.8 Å². The normalized spacial score (nSPS) is 12.8. The molecule has 1 aliphatic rings. The van der Waals surface area contributed by atoms with Crippen molar-refractivity contribution in [2.75, 3.05) is 18.5 Å². The summed E-state index contributed by atoms with van der Waals surface area (Å²) in [5, 5.41) is 3.01. The summed E-state index contributed by atoms with van der Waals surface area (Å²) in [7, 11) is 0. The molecule has 4 nitrogen and oxygen atoms in total. The molecular formula is C18H17Br2NO3. The van der Waals surface area contributed by atoms with Crippen molar-refractivity contribution in [3.8, 4) is 11.5 Å². The fourth-order valence-corrected chi connectivity index (χ4v) is 3.86. The first kappa shape index (κ1) is 17.3. The van der Waals surface area contributed by atoms with Gasteiger partial charge in [-0.25, -0.2) is 0 Å². The van der Waals surface area contributed by atoms with Crippen molar-refractivity contribution in [1.82, 2.24) is 0 Å². The first-order valence-electron chi connectivity index (χ1n) is 7.58. The summed E-state index contributed by atoms with van der Waals surface area (Å²) in [6.07, 6.45) is 0.256. The minimum Gasteiger partial charge on any atom is -0.486 e. The molecule has 0 saturated heterocycles. The lowest BCUT2D eigenvalue weighted by molar-refractivity contribution is -0.115. The third-order valence-corrected chi connectivity index (χ3v) is 5.02. The molecule has 1 N–H and O–H groups in total. The average molecular weight is 455 g/mol. The molecule has 0 fully saturated rings. The highest BCUT2D eigenvalue weighted by molar-refractivity contribution is 9.10. The van der Waals surface area contributed by atoms with E-state index in [4.69, 9.17) is 9.47 Å². The van der Waals surface area contributed by atoms with Gasteiger partial charge in [-0.15, -0.1) is 0 Å². The summed E-state index contributed by atoms with van der Waals surface area (Å²) in [4.78, 5) is 12.5. The molecule has 0 aliphatic carbocycles. The Labute approximate surface area is 157 Å². The second-order valence-corrected chi connectivity index (χ2v) is 7.50. The van der Waals surface area contributed by atoms with Gasteiger partial charge in [0.25, 0.3) is 0 Å². The quantitative estimate of drug-likeness (QED) is 0.725. The molecule has 1 heterocycles. The summed E-state index contributed by atoms with van der Waals surface area (Å²) in [6.45, 7) is 5.03. The van der Waals surface area contributed by atoms with Gasteiger partial charge < -0.3 is 14.8 Å². The van der Waals surface area contributed by atoms with Crippen LogP contribution in [0.2, 0.25) is 0 Å². The van der Waals surface area contributed by atoms with Crippen molar-refractivity contribution in [3.63, 3.8) is 0 Å². The van der Waals surface area contributed by atoms with Crippen LogP contribution in [0, 0.1) is 13.8 Å². The van der Waals surface area contributed by atoms with E-state index in [1.165, 1.54) is 0 Å². The van der Waals surface area contributed by atoms with Gasteiger partial charge in [-0.2, -0.15) is 0 Å². The van der Waals surface area contributed by atoms with Gasteiger partial charge in [0, 0.05) is 14.6 Å². The third-order valence-electron chi connectivity index (χ3n) is 3.82. The third kappa shape index (κ3) is 3.75. The summed E-state index contributed by atoms with van der Waals surface area (Å²) in [5.41, 5.74) is 3.77. The number of amides is 1. The highest BCUT2D eigenvalue weighted by Crippen LogP contribution is 2.36. The Bertz CT molecular complexity index is 782. The van der Waals surface area contributed by atoms with Crippen molar-refractivity contribution in [2.45, 2.75) is 20.3 Å². The Morgan fingerprint density at radius 3 is 2.25 bits per heavy atom. The smallest absolute Gasteiger partial charge is 0.228 e. The number of hydrogen-bond acceptors (Lipinski definition) is 3. The second kappa shape index (κ2) is 7.15. The molecule has 0 bridgehead atoms. The summed E-state index contributed by atoms with van der Waals surface area (Å²) in [5.74, 6) is 1.32. The minimum atomic E-state index is -0.0686. The number of nitrogens with one attached hydrogen (secondary N) is 1. The zero-order chi connectivity index (χ0) is 17.3. The zero-order valence-corrected chi connectivity index (χ0v) is 16.6. The SMILES string of the molecule is Cc1cc(Br)cc(C)c1NC(=O)Cc1cc2c(cc1Br)OCCO2. The molecular weight excluding hydrogens is 438 g/mol. The van der Waals surface area contributed by atoms with Crippen molar-refractivity contribution in [2.24, 2.45) is 0 Å². The van der Waals surface area contributed by atoms with Crippen molar-refractivity contribution < 1.29 is 14.3 Å². The molecule has 3 rings (SSSR count). The van der Waals surface area contributed by atoms with Crippen LogP contribution in [-0.4, -0.2) is 19.1 Å². The Balaban J connectivity index is 1.78. The predicted molar refractivity (Wildman–Crippen MR) is 101 cm³/mol. The van der Waals surface area contributed by atoms with E-state index in [0.717, 1.165) is 31.3 Å². The molecule has 1 aliphatic heterocycles. The van der Waals surface area contributed by atoms with E-state index in [1.807, 2.05) is 38.1 Å². The van der Waals surface area contributed by atoms with Crippen LogP contribution < -0.4 is 14.8 Å². The fourth-order valence-electron chi connectivity index (χ4n) is 2.71. The minimum absolute atomic E-state index is 0.0686. The number of hydrogen-bond donors (Lipinski definition) is 1. The van der Waals surface area contributed by atoms with Crippen LogP contribution in [0.1, 0.15) is 16.7 Å². The molecule has 0 saturated carbocycles. The lowest BCUT2D eigenvalue weighted by Crippen LogP contribution is -2.18. The molecule has 0 radical (unpaired) electrons. The van der Waals surface area contributed by atoms with Crippen LogP contribution in [0.5, 0.6) is 11.5 Å². The van der Waals surface area contributed by atoms with E-state index >= 15 is 0 Å². The van der Waals surface area contributed by atoms with E-state index < -0.39 is 0 Å². The number of carbonyl (C=O) groups is 1. The molecule has 0 spiro atoms. The number of carbonyl (C=O) groups excluding carboxylic acids is 1. The van der Waals surface area contributed by atoms with Crippen LogP contribution in [0.15, 0.2) is 33.2 Å². The van der Waals surface area contributed by atoms with Gasteiger partial charge in [0.2, 0.25) is 5.91 Å². The van der Waals surface area contributed by atoms with Crippen LogP contribution in [-0.2, 0) is 11.2 Å². The molecule has 0 aromatic heterocycles. The van der Waals surface area contributed by atoms with Gasteiger partial charge in [0.05, 0.1) is 6.42 Å². The molecule has 0 unspecified atom stereocenters. The van der Waals surface area contributed by atoms with Crippen LogP contribution in [0.3, 0.4) is 0 Å². The maximum Gasteiger partial charge on any atom is 0.228 e. The first-order valence-corrected chi connectivity index (χ1v) is 9.17. The van der Waals surface area contributed by atoms with Crippen molar-refractivity contribution in [1.29, 1.82) is 0 Å². The predicted octanol–water partition coefficient (Wildman–Crippen LogP) is 4.78. The summed E-state index contributed by atoms with van der Waals surface area (Å²) < 4.78 is 13.0. The Morgan fingerprint density at radius 2 is 1.62 bits per heavy atom. The number of benzene rings is 2. The van der Waals surface area contributed by atoms with E-state index in [2.05, 4.69) is 37.2 Å². The molecule has 2 aromatic carbocycles. The summed E-state index contributed by atoms with van der Waals surface area (Å²) in [6, 6.07) is 7.69. The number of ether oxygens (including phenoxy) is 2. The maximum atomic E-state index is 12.5. The largest absolute Gasteiger partial charge is 0.486 e. The monoisotopic (exact) mass is 453 g/mol. The molecule has 2 aromatic rings. The lowest BCUT2D eigenvalue weighted by Gasteiger charge is -2.20. The number of aryl methyl sites for hydroxylation is 2. The second-order valence-electron chi connectivity index (χ2n) is 5.73. The van der Waals surface area contributed by atoms with E-state index in [0.29, 0.717) is 24.7 Å². The van der Waals surface area contributed by atoms with Crippen molar-refractivity contribution >= 4 is 43.5 Å². The number of anilines is 1. The number of halogens is 2. The average Bonchev–Trinajstić information content (AvgIpc) is 2.51. The summed E-state index contributed by atoms with van der Waals surface area (Å²) >= 11 is 6.97. The van der Waals surface area contributed by atoms with Crippen LogP contribution in [0.25, 0.3) is 0 Å². The van der Waals surface area contributed by atoms with E-state index in [1.54, 1.807) is 0 Å². The first-order chi connectivity index (χ1) is 11.4. The van der Waals surface area contributed by atoms with Gasteiger partial charge in [-0.1, -0.05) is 31.9 Å². The number of fused-ring (bicyclic) bond motifs is 1. The molecule has 24 heavy (non-hydrogen) atoms. The molecule has 0 atom stereocenters. The fraction of sp³-hybridized carbons (Fsp3) is 0.278.